The number of halogens is 2. The minimum atomic E-state index is -1.39. The number of hydrogen-bond acceptors (Lipinski definition) is 1. The molecule has 9 heavy (non-hydrogen) atoms. The highest BCUT2D eigenvalue weighted by atomic mass is 35.5. The van der Waals surface area contributed by atoms with Crippen LogP contribution in [-0.2, 0) is 4.79 Å². The van der Waals surface area contributed by atoms with Crippen LogP contribution in [0.1, 0.15) is 0 Å². The smallest absolute Gasteiger partial charge is 0.254 e. The molecule has 0 aromatic heterocycles. The van der Waals surface area contributed by atoms with Crippen molar-refractivity contribution in [3.63, 3.8) is 0 Å². The van der Waals surface area contributed by atoms with Gasteiger partial charge >= 0.3 is 0 Å². The largest absolute Gasteiger partial charge is 0.353 e. The molecule has 0 spiro atoms. The summed E-state index contributed by atoms with van der Waals surface area (Å²) in [5.41, 5.74) is 0. The standard InChI is InChI=1S/C5H7ClFNO/c6-1-3-2-8-5(9)4(3)7/h3-4H,1-2H2,(H,8,9). The van der Waals surface area contributed by atoms with E-state index < -0.39 is 12.1 Å². The third-order valence-corrected chi connectivity index (χ3v) is 1.80. The second-order valence-electron chi connectivity index (χ2n) is 2.06. The summed E-state index contributed by atoms with van der Waals surface area (Å²) in [6.45, 7) is 0.378. The second-order valence-corrected chi connectivity index (χ2v) is 2.37. The molecule has 1 heterocycles. The Morgan fingerprint density at radius 2 is 2.56 bits per heavy atom. The van der Waals surface area contributed by atoms with Crippen LogP contribution in [0, 0.1) is 5.92 Å². The summed E-state index contributed by atoms with van der Waals surface area (Å²) in [5.74, 6) is -0.639. The predicted molar refractivity (Wildman–Crippen MR) is 32.1 cm³/mol. The first-order valence-electron chi connectivity index (χ1n) is 2.73. The van der Waals surface area contributed by atoms with Crippen molar-refractivity contribution in [2.45, 2.75) is 6.17 Å². The molecule has 2 atom stereocenters. The molecule has 1 N–H and O–H groups in total. The Labute approximate surface area is 57.4 Å². The molecule has 1 fully saturated rings. The van der Waals surface area contributed by atoms with Gasteiger partial charge < -0.3 is 5.32 Å². The van der Waals surface area contributed by atoms with Gasteiger partial charge in [0.2, 0.25) is 0 Å². The number of nitrogens with one attached hydrogen (secondary N) is 1. The van der Waals surface area contributed by atoms with Gasteiger partial charge in [0.15, 0.2) is 6.17 Å². The van der Waals surface area contributed by atoms with Crippen molar-refractivity contribution in [2.24, 2.45) is 5.92 Å². The fourth-order valence-corrected chi connectivity index (χ4v) is 1.05. The summed E-state index contributed by atoms with van der Waals surface area (Å²) in [6, 6.07) is 0. The van der Waals surface area contributed by atoms with Crippen LogP contribution in [0.5, 0.6) is 0 Å². The molecule has 52 valence electrons. The first kappa shape index (κ1) is 6.81. The minimum Gasteiger partial charge on any atom is -0.353 e. The molecule has 0 aromatic rings. The summed E-state index contributed by atoms with van der Waals surface area (Å²) in [4.78, 5) is 10.4. The van der Waals surface area contributed by atoms with Crippen LogP contribution in [0.4, 0.5) is 4.39 Å². The van der Waals surface area contributed by atoms with Gasteiger partial charge in [-0.05, 0) is 0 Å². The highest BCUT2D eigenvalue weighted by Crippen LogP contribution is 2.14. The van der Waals surface area contributed by atoms with Gasteiger partial charge in [-0.1, -0.05) is 0 Å². The first-order chi connectivity index (χ1) is 4.25. The summed E-state index contributed by atoms with van der Waals surface area (Å²) in [7, 11) is 0. The highest BCUT2D eigenvalue weighted by Gasteiger charge is 2.33. The van der Waals surface area contributed by atoms with E-state index >= 15 is 0 Å². The van der Waals surface area contributed by atoms with Gasteiger partial charge in [0.25, 0.3) is 5.91 Å². The zero-order valence-electron chi connectivity index (χ0n) is 4.73. The van der Waals surface area contributed by atoms with Gasteiger partial charge in [0, 0.05) is 18.3 Å². The SMILES string of the molecule is O=C1NCC(CCl)C1F. The molecule has 0 aromatic carbocycles. The number of rotatable bonds is 1. The normalized spacial score (nSPS) is 34.7. The highest BCUT2D eigenvalue weighted by molar-refractivity contribution is 6.18. The van der Waals surface area contributed by atoms with E-state index in [0.29, 0.717) is 6.54 Å². The van der Waals surface area contributed by atoms with Gasteiger partial charge in [-0.2, -0.15) is 0 Å². The third kappa shape index (κ3) is 1.15. The lowest BCUT2D eigenvalue weighted by Crippen LogP contribution is -2.20. The average molecular weight is 152 g/mol. The number of carbonyl (C=O) groups excluding carboxylic acids is 1. The molecule has 2 unspecified atom stereocenters. The molecule has 2 nitrogen and oxygen atoms in total. The number of amides is 1. The van der Waals surface area contributed by atoms with Crippen LogP contribution in [-0.4, -0.2) is 24.5 Å². The zero-order chi connectivity index (χ0) is 6.85. The van der Waals surface area contributed by atoms with Crippen molar-refractivity contribution < 1.29 is 9.18 Å². The molecule has 0 saturated carbocycles. The fraction of sp³-hybridized carbons (Fsp3) is 0.800. The molecular weight excluding hydrogens is 145 g/mol. The molecule has 1 saturated heterocycles. The fourth-order valence-electron chi connectivity index (χ4n) is 0.780. The van der Waals surface area contributed by atoms with Gasteiger partial charge in [-0.15, -0.1) is 11.6 Å². The Morgan fingerprint density at radius 3 is 2.78 bits per heavy atom. The van der Waals surface area contributed by atoms with Crippen LogP contribution in [0.3, 0.4) is 0 Å². The predicted octanol–water partition coefficient (Wildman–Crippen LogP) is 0.309. The molecule has 0 aliphatic carbocycles. The van der Waals surface area contributed by atoms with Crippen molar-refractivity contribution in [2.75, 3.05) is 12.4 Å². The van der Waals surface area contributed by atoms with Crippen LogP contribution < -0.4 is 5.32 Å². The summed E-state index contributed by atoms with van der Waals surface area (Å²) >= 11 is 5.34. The van der Waals surface area contributed by atoms with E-state index in [1.165, 1.54) is 0 Å². The van der Waals surface area contributed by atoms with Crippen LogP contribution >= 0.6 is 11.6 Å². The summed E-state index contributed by atoms with van der Waals surface area (Å²) < 4.78 is 12.5. The lowest BCUT2D eigenvalue weighted by molar-refractivity contribution is -0.123. The van der Waals surface area contributed by atoms with Crippen LogP contribution in [0.15, 0.2) is 0 Å². The van der Waals surface area contributed by atoms with E-state index in [4.69, 9.17) is 11.6 Å². The maximum absolute atomic E-state index is 12.5. The first-order valence-corrected chi connectivity index (χ1v) is 3.27. The van der Waals surface area contributed by atoms with Crippen LogP contribution in [0.25, 0.3) is 0 Å². The van der Waals surface area contributed by atoms with Crippen molar-refractivity contribution in [3.05, 3.63) is 0 Å². The van der Waals surface area contributed by atoms with Crippen molar-refractivity contribution in [1.82, 2.24) is 5.32 Å². The quantitative estimate of drug-likeness (QED) is 0.537. The molecule has 1 aliphatic heterocycles. The topological polar surface area (TPSA) is 29.1 Å². The maximum Gasteiger partial charge on any atom is 0.254 e. The number of alkyl halides is 2. The summed E-state index contributed by atoms with van der Waals surface area (Å²) in [6.07, 6.45) is -1.39. The second kappa shape index (κ2) is 2.52. The van der Waals surface area contributed by atoms with Crippen molar-refractivity contribution in [1.29, 1.82) is 0 Å². The van der Waals surface area contributed by atoms with Crippen molar-refractivity contribution >= 4 is 17.5 Å². The third-order valence-electron chi connectivity index (χ3n) is 1.40. The Hall–Kier alpha value is -0.310. The molecule has 4 heteroatoms. The minimum absolute atomic E-state index is 0.208. The summed E-state index contributed by atoms with van der Waals surface area (Å²) in [5, 5.41) is 2.37. The average Bonchev–Trinajstić information content (AvgIpc) is 2.15. The van der Waals surface area contributed by atoms with Gasteiger partial charge in [0.05, 0.1) is 0 Å². The Bertz CT molecular complexity index is 130. The Kier molecular flexibility index (Phi) is 1.90. The van der Waals surface area contributed by atoms with E-state index in [1.807, 2.05) is 0 Å². The number of carbonyl (C=O) groups is 1. The molecule has 1 aliphatic rings. The van der Waals surface area contributed by atoms with Gasteiger partial charge in [0.1, 0.15) is 0 Å². The van der Waals surface area contributed by atoms with Gasteiger partial charge in [-0.3, -0.25) is 4.79 Å². The molecule has 0 radical (unpaired) electrons. The van der Waals surface area contributed by atoms with Gasteiger partial charge in [-0.25, -0.2) is 4.39 Å². The molecule has 0 bridgehead atoms. The van der Waals surface area contributed by atoms with Crippen LogP contribution in [0.2, 0.25) is 0 Å². The van der Waals surface area contributed by atoms with E-state index in [0.717, 1.165) is 0 Å². The molecular formula is C5H7ClFNO. The van der Waals surface area contributed by atoms with Crippen molar-refractivity contribution in [3.8, 4) is 0 Å². The Morgan fingerprint density at radius 1 is 1.89 bits per heavy atom. The monoisotopic (exact) mass is 151 g/mol. The van der Waals surface area contributed by atoms with E-state index in [1.54, 1.807) is 0 Å². The Balaban J connectivity index is 2.51. The maximum atomic E-state index is 12.5. The molecule has 1 rings (SSSR count). The molecule has 1 amide bonds. The number of hydrogen-bond donors (Lipinski definition) is 1. The van der Waals surface area contributed by atoms with E-state index in [2.05, 4.69) is 5.32 Å². The lowest BCUT2D eigenvalue weighted by atomic mass is 10.1. The van der Waals surface area contributed by atoms with E-state index in [9.17, 15) is 9.18 Å². The lowest BCUT2D eigenvalue weighted by Gasteiger charge is -2.01. The zero-order valence-corrected chi connectivity index (χ0v) is 5.49. The van der Waals surface area contributed by atoms with E-state index in [-0.39, 0.29) is 11.8 Å².